The van der Waals surface area contributed by atoms with E-state index in [0.717, 1.165) is 25.9 Å². The third-order valence-corrected chi connectivity index (χ3v) is 18.7. The van der Waals surface area contributed by atoms with Crippen molar-refractivity contribution in [3.05, 3.63) is 5.92 Å². The molecule has 1 N–H and O–H groups in total. The maximum Gasteiger partial charge on any atom is 0.103 e. The third kappa shape index (κ3) is 35.8. The zero-order valence-electron chi connectivity index (χ0n) is 49.0. The van der Waals surface area contributed by atoms with E-state index in [2.05, 4.69) is 0 Å². The van der Waals surface area contributed by atoms with E-state index in [1.54, 1.807) is 5.92 Å². The normalized spacial score (nSPS) is 27.5. The molecular formula is C69H133O2. The second-order valence-electron chi connectivity index (χ2n) is 25.3. The number of rotatable bonds is 2. The van der Waals surface area contributed by atoms with Crippen LogP contribution in [0, 0.1) is 5.92 Å². The molecule has 2 heteroatoms. The van der Waals surface area contributed by atoms with Crippen molar-refractivity contribution in [1.82, 2.24) is 0 Å². The lowest BCUT2D eigenvalue weighted by atomic mass is 9.63. The van der Waals surface area contributed by atoms with Gasteiger partial charge in [-0.15, -0.1) is 0 Å². The van der Waals surface area contributed by atoms with Crippen LogP contribution >= 0.6 is 0 Å². The van der Waals surface area contributed by atoms with Gasteiger partial charge in [-0.3, -0.25) is 0 Å². The number of hydrogen-bond donors (Lipinski definition) is 1. The lowest BCUT2D eigenvalue weighted by Crippen LogP contribution is -2.60. The van der Waals surface area contributed by atoms with E-state index < -0.39 is 11.2 Å². The van der Waals surface area contributed by atoms with Crippen LogP contribution in [0.2, 0.25) is 0 Å². The Morgan fingerprint density at radius 2 is 0.366 bits per heavy atom. The fourth-order valence-electron chi connectivity index (χ4n) is 13.9. The first-order valence-electron chi connectivity index (χ1n) is 34.5. The quantitative estimate of drug-likeness (QED) is 0.299. The fourth-order valence-corrected chi connectivity index (χ4v) is 13.9. The highest BCUT2D eigenvalue weighted by Crippen LogP contribution is 2.50. The highest BCUT2D eigenvalue weighted by atomic mass is 16.5. The molecule has 0 aromatic carbocycles. The molecule has 1 radical (unpaired) electrons. The molecule has 3 rings (SSSR count). The largest absolute Gasteiger partial charge is 0.387 e. The van der Waals surface area contributed by atoms with Crippen LogP contribution in [-0.4, -0.2) is 22.9 Å². The molecule has 0 amide bonds. The van der Waals surface area contributed by atoms with E-state index in [9.17, 15) is 5.11 Å². The highest BCUT2D eigenvalue weighted by molar-refractivity contribution is 5.19. The van der Waals surface area contributed by atoms with Crippen molar-refractivity contribution in [2.45, 2.75) is 429 Å². The maximum absolute atomic E-state index is 14.1. The Morgan fingerprint density at radius 1 is 0.197 bits per heavy atom. The number of hydrogen-bond acceptors (Lipinski definition) is 2. The molecule has 3 aliphatic rings. The molecule has 1 atom stereocenters. The number of ether oxygens (including phenoxy) is 1. The monoisotopic (exact) mass is 994 g/mol. The van der Waals surface area contributed by atoms with Gasteiger partial charge in [-0.05, 0) is 38.5 Å². The Labute approximate surface area is 448 Å². The summed E-state index contributed by atoms with van der Waals surface area (Å²) in [6.07, 6.45) is 89.4. The van der Waals surface area contributed by atoms with E-state index in [-0.39, 0.29) is 0 Å². The van der Waals surface area contributed by atoms with E-state index in [1.165, 1.54) is 398 Å². The summed E-state index contributed by atoms with van der Waals surface area (Å²) in [6.45, 7) is 0.853. The molecule has 2 nitrogen and oxygen atoms in total. The molecule has 0 aromatic heterocycles. The molecule has 2 aliphatic carbocycles. The molecule has 1 aliphatic heterocycles. The van der Waals surface area contributed by atoms with E-state index >= 15 is 0 Å². The standard InChI is InChI=1S/C69H133O2/c70-68(63-57-51-45-39-33-27-21-15-9-3-4-10-16-22-28-34-40-46-52-58-64-68)69(65-59-53-47-41-35-29-23-17-11-5-6-12-18-24-30-36-42-48-54-60-66-71-69)67-61-55-49-43-37-31-25-19-13-7-1-2-8-14-20-26-32-38-44-50-56-62-67/h70H,1-66H2. The van der Waals surface area contributed by atoms with Crippen LogP contribution in [0.1, 0.15) is 417 Å². The lowest BCUT2D eigenvalue weighted by molar-refractivity contribution is -0.192. The zero-order chi connectivity index (χ0) is 50.0. The maximum atomic E-state index is 14.1. The van der Waals surface area contributed by atoms with Gasteiger partial charge in [-0.2, -0.15) is 0 Å². The summed E-state index contributed by atoms with van der Waals surface area (Å²) < 4.78 is 7.85. The fraction of sp³-hybridized carbons (Fsp3) is 0.986. The van der Waals surface area contributed by atoms with Crippen molar-refractivity contribution in [2.75, 3.05) is 6.61 Å². The van der Waals surface area contributed by atoms with Crippen LogP contribution in [0.5, 0.6) is 0 Å². The molecule has 2 saturated carbocycles. The Kier molecular flexibility index (Phi) is 45.4. The molecule has 1 saturated heterocycles. The van der Waals surface area contributed by atoms with Crippen LogP contribution in [0.15, 0.2) is 0 Å². The molecule has 71 heavy (non-hydrogen) atoms. The molecule has 0 bridgehead atoms. The number of aliphatic hydroxyl groups is 1. The first-order valence-corrected chi connectivity index (χ1v) is 34.5. The van der Waals surface area contributed by atoms with Gasteiger partial charge in [0.2, 0.25) is 0 Å². The van der Waals surface area contributed by atoms with Gasteiger partial charge in [0.05, 0.1) is 5.60 Å². The average Bonchev–Trinajstić information content (AvgIpc) is 3.37. The highest BCUT2D eigenvalue weighted by Gasteiger charge is 2.54. The molecule has 0 spiro atoms. The third-order valence-electron chi connectivity index (χ3n) is 18.7. The summed E-state index contributed by atoms with van der Waals surface area (Å²) in [7, 11) is 0. The Bertz CT molecular complexity index is 980. The van der Waals surface area contributed by atoms with E-state index in [1.807, 2.05) is 0 Å². The van der Waals surface area contributed by atoms with Gasteiger partial charge >= 0.3 is 0 Å². The SMILES string of the molecule is OC1(C2([C]3CCCCCCCCCCCCCCCCCCCCCC3)CCCCCCCCCCCCCCCCCCCCCCO2)CCCCCCCCCCCCCCCCCCCCCC1. The van der Waals surface area contributed by atoms with Crippen LogP contribution in [0.25, 0.3) is 0 Å². The predicted octanol–water partition coefficient (Wildman–Crippen LogP) is 24.4. The molecule has 1 unspecified atom stereocenters. The Morgan fingerprint density at radius 3 is 0.592 bits per heavy atom. The summed E-state index contributed by atoms with van der Waals surface area (Å²) in [4.78, 5) is 0. The minimum atomic E-state index is -0.758. The second-order valence-corrected chi connectivity index (χ2v) is 25.3. The first kappa shape index (κ1) is 65.2. The average molecular weight is 995 g/mol. The molecule has 1 heterocycles. The van der Waals surface area contributed by atoms with Crippen molar-refractivity contribution in [3.8, 4) is 0 Å². The second kappa shape index (κ2) is 49.5. The van der Waals surface area contributed by atoms with Crippen molar-refractivity contribution in [3.63, 3.8) is 0 Å². The van der Waals surface area contributed by atoms with Crippen LogP contribution in [-0.2, 0) is 4.74 Å². The predicted molar refractivity (Wildman–Crippen MR) is 317 cm³/mol. The lowest BCUT2D eigenvalue weighted by Gasteiger charge is -2.52. The summed E-state index contributed by atoms with van der Waals surface area (Å²) >= 11 is 0. The van der Waals surface area contributed by atoms with Crippen LogP contribution in [0.3, 0.4) is 0 Å². The van der Waals surface area contributed by atoms with E-state index in [4.69, 9.17) is 4.74 Å². The smallest absolute Gasteiger partial charge is 0.103 e. The minimum Gasteiger partial charge on any atom is -0.387 e. The zero-order valence-corrected chi connectivity index (χ0v) is 49.0. The van der Waals surface area contributed by atoms with Gasteiger partial charge < -0.3 is 9.84 Å². The van der Waals surface area contributed by atoms with Gasteiger partial charge in [-0.25, -0.2) is 0 Å². The minimum absolute atomic E-state index is 0.487. The van der Waals surface area contributed by atoms with Crippen LogP contribution in [0.4, 0.5) is 0 Å². The molecule has 0 aromatic rings. The van der Waals surface area contributed by atoms with Crippen molar-refractivity contribution in [1.29, 1.82) is 0 Å². The summed E-state index contributed by atoms with van der Waals surface area (Å²) in [5.74, 6) is 1.69. The van der Waals surface area contributed by atoms with Crippen LogP contribution < -0.4 is 0 Å². The van der Waals surface area contributed by atoms with E-state index in [0.29, 0.717) is 0 Å². The summed E-state index contributed by atoms with van der Waals surface area (Å²) in [5, 5.41) is 14.1. The van der Waals surface area contributed by atoms with Gasteiger partial charge in [0.15, 0.2) is 0 Å². The summed E-state index contributed by atoms with van der Waals surface area (Å²) in [5.41, 5.74) is -1.24. The van der Waals surface area contributed by atoms with Crippen molar-refractivity contribution >= 4 is 0 Å². The molecular weight excluding hydrogens is 861 g/mol. The van der Waals surface area contributed by atoms with Gasteiger partial charge in [0, 0.05) is 12.5 Å². The molecule has 3 fully saturated rings. The van der Waals surface area contributed by atoms with Gasteiger partial charge in [-0.1, -0.05) is 379 Å². The Hall–Kier alpha value is -0.0800. The molecule has 421 valence electrons. The van der Waals surface area contributed by atoms with Gasteiger partial charge in [0.25, 0.3) is 0 Å². The first-order chi connectivity index (χ1) is 35.3. The topological polar surface area (TPSA) is 29.5 Å². The van der Waals surface area contributed by atoms with Gasteiger partial charge in [0.1, 0.15) is 5.60 Å². The Balaban J connectivity index is 1.90. The van der Waals surface area contributed by atoms with Crippen molar-refractivity contribution < 1.29 is 9.84 Å². The summed E-state index contributed by atoms with van der Waals surface area (Å²) in [6, 6.07) is 0. The van der Waals surface area contributed by atoms with Crippen molar-refractivity contribution in [2.24, 2.45) is 0 Å².